The Bertz CT molecular complexity index is 766. The van der Waals surface area contributed by atoms with Crippen LogP contribution in [0.2, 0.25) is 5.02 Å². The average Bonchev–Trinajstić information content (AvgIpc) is 3.40. The van der Waals surface area contributed by atoms with E-state index in [2.05, 4.69) is 25.8 Å². The summed E-state index contributed by atoms with van der Waals surface area (Å²) in [5, 5.41) is 11.2. The van der Waals surface area contributed by atoms with Crippen molar-refractivity contribution in [2.24, 2.45) is 4.99 Å². The number of aliphatic imine (C=N–C) groups is 1. The molecule has 1 atom stereocenters. The Morgan fingerprint density at radius 3 is 2.87 bits per heavy atom. The maximum absolute atomic E-state index is 5.91. The Morgan fingerprint density at radius 1 is 1.30 bits per heavy atom. The molecular weight excluding hydrogens is 521 g/mol. The molecular formula is C20H29ClIN5O3. The number of benzene rings is 1. The zero-order chi connectivity index (χ0) is 20.3. The maximum atomic E-state index is 5.91. The summed E-state index contributed by atoms with van der Waals surface area (Å²) < 4.78 is 16.4. The number of rotatable bonds is 10. The normalized spacial score (nSPS) is 16.3. The largest absolute Gasteiger partial charge is 0.379 e. The summed E-state index contributed by atoms with van der Waals surface area (Å²) in [5.41, 5.74) is 0.874. The third kappa shape index (κ3) is 8.37. The Balaban J connectivity index is 0.00000320. The van der Waals surface area contributed by atoms with E-state index in [0.717, 1.165) is 37.5 Å². The van der Waals surface area contributed by atoms with E-state index < -0.39 is 0 Å². The lowest BCUT2D eigenvalue weighted by atomic mass is 10.2. The number of hydrogen-bond donors (Lipinski definition) is 2. The van der Waals surface area contributed by atoms with Crippen molar-refractivity contribution >= 4 is 41.5 Å². The van der Waals surface area contributed by atoms with E-state index in [-0.39, 0.29) is 30.1 Å². The van der Waals surface area contributed by atoms with Gasteiger partial charge in [-0.15, -0.1) is 24.0 Å². The van der Waals surface area contributed by atoms with Gasteiger partial charge in [0.05, 0.1) is 12.7 Å². The quantitative estimate of drug-likeness (QED) is 0.203. The van der Waals surface area contributed by atoms with Crippen molar-refractivity contribution in [2.75, 3.05) is 39.5 Å². The molecule has 0 aliphatic carbocycles. The summed E-state index contributed by atoms with van der Waals surface area (Å²) in [7, 11) is 0. The fourth-order valence-corrected chi connectivity index (χ4v) is 2.98. The van der Waals surface area contributed by atoms with E-state index in [0.29, 0.717) is 49.5 Å². The molecule has 3 rings (SSSR count). The van der Waals surface area contributed by atoms with Crippen LogP contribution in [0.4, 0.5) is 0 Å². The van der Waals surface area contributed by atoms with Crippen molar-refractivity contribution in [3.05, 3.63) is 35.2 Å². The lowest BCUT2D eigenvalue weighted by Crippen LogP contribution is -2.38. The van der Waals surface area contributed by atoms with Gasteiger partial charge in [-0.3, -0.25) is 4.99 Å². The molecule has 1 aromatic carbocycles. The number of nitrogens with zero attached hydrogens (tertiary/aromatic N) is 3. The topological polar surface area (TPSA) is 93.8 Å². The van der Waals surface area contributed by atoms with Crippen LogP contribution in [0.1, 0.15) is 25.7 Å². The van der Waals surface area contributed by atoms with Crippen molar-refractivity contribution in [3.63, 3.8) is 0 Å². The molecule has 10 heteroatoms. The van der Waals surface area contributed by atoms with Gasteiger partial charge in [0.1, 0.15) is 0 Å². The molecule has 1 unspecified atom stereocenters. The van der Waals surface area contributed by atoms with Crippen LogP contribution < -0.4 is 10.6 Å². The third-order valence-electron chi connectivity index (χ3n) is 4.36. The molecule has 8 nitrogen and oxygen atoms in total. The predicted octanol–water partition coefficient (Wildman–Crippen LogP) is 3.30. The molecule has 2 heterocycles. The Hall–Kier alpha value is -1.43. The summed E-state index contributed by atoms with van der Waals surface area (Å²) in [6.07, 6.45) is 2.72. The molecule has 2 N–H and O–H groups in total. The minimum absolute atomic E-state index is 0. The molecule has 2 aromatic rings. The molecule has 30 heavy (non-hydrogen) atoms. The van der Waals surface area contributed by atoms with Gasteiger partial charge in [-0.25, -0.2) is 0 Å². The van der Waals surface area contributed by atoms with Crippen LogP contribution in [0, 0.1) is 0 Å². The van der Waals surface area contributed by atoms with E-state index in [1.165, 1.54) is 0 Å². The molecule has 1 saturated heterocycles. The highest BCUT2D eigenvalue weighted by Crippen LogP contribution is 2.18. The van der Waals surface area contributed by atoms with Crippen molar-refractivity contribution < 1.29 is 14.0 Å². The van der Waals surface area contributed by atoms with Crippen LogP contribution in [0.3, 0.4) is 0 Å². The first-order chi connectivity index (χ1) is 14.2. The van der Waals surface area contributed by atoms with Gasteiger partial charge >= 0.3 is 0 Å². The molecule has 0 amide bonds. The zero-order valence-electron chi connectivity index (χ0n) is 17.1. The first-order valence-corrected chi connectivity index (χ1v) is 10.4. The van der Waals surface area contributed by atoms with Crippen LogP contribution in [-0.4, -0.2) is 61.7 Å². The highest BCUT2D eigenvalue weighted by atomic mass is 127. The monoisotopic (exact) mass is 549 g/mol. The Kier molecular flexibility index (Phi) is 11.4. The summed E-state index contributed by atoms with van der Waals surface area (Å²) in [6.45, 7) is 6.39. The second-order valence-electron chi connectivity index (χ2n) is 6.67. The van der Waals surface area contributed by atoms with Crippen molar-refractivity contribution in [1.82, 2.24) is 20.8 Å². The third-order valence-corrected chi connectivity index (χ3v) is 4.61. The van der Waals surface area contributed by atoms with E-state index in [9.17, 15) is 0 Å². The smallest absolute Gasteiger partial charge is 0.228 e. The van der Waals surface area contributed by atoms with Crippen LogP contribution in [0.15, 0.2) is 33.8 Å². The lowest BCUT2D eigenvalue weighted by molar-refractivity contribution is 0.0424. The van der Waals surface area contributed by atoms with Gasteiger partial charge in [-0.05, 0) is 44.0 Å². The standard InChI is InChI=1S/C20H28ClN5O3.HI/c1-2-22-20(23-10-3-12-28-17-9-13-27-14-17)24-11-8-18-25-19(26-29-18)15-4-6-16(21)7-5-15;/h4-7,17H,2-3,8-14H2,1H3,(H2,22,23,24);1H. The van der Waals surface area contributed by atoms with Crippen LogP contribution in [0.25, 0.3) is 11.4 Å². The average molecular weight is 550 g/mol. The van der Waals surface area contributed by atoms with Crippen LogP contribution >= 0.6 is 35.6 Å². The van der Waals surface area contributed by atoms with Gasteiger partial charge in [0.15, 0.2) is 5.96 Å². The summed E-state index contributed by atoms with van der Waals surface area (Å²) in [5.74, 6) is 1.91. The molecule has 0 spiro atoms. The Labute approximate surface area is 199 Å². The lowest BCUT2D eigenvalue weighted by Gasteiger charge is -2.11. The summed E-state index contributed by atoms with van der Waals surface area (Å²) in [6, 6.07) is 7.35. The van der Waals surface area contributed by atoms with E-state index in [1.807, 2.05) is 19.1 Å². The van der Waals surface area contributed by atoms with Crippen molar-refractivity contribution in [3.8, 4) is 11.4 Å². The second-order valence-corrected chi connectivity index (χ2v) is 7.10. The minimum Gasteiger partial charge on any atom is -0.379 e. The first kappa shape index (κ1) is 24.8. The molecule has 1 fully saturated rings. The first-order valence-electron chi connectivity index (χ1n) is 10.0. The van der Waals surface area contributed by atoms with E-state index >= 15 is 0 Å². The maximum Gasteiger partial charge on any atom is 0.228 e. The molecule has 0 radical (unpaired) electrons. The molecule has 1 aliphatic rings. The van der Waals surface area contributed by atoms with Gasteiger partial charge < -0.3 is 24.6 Å². The SMILES string of the molecule is CCNC(=NCCCOC1CCOC1)NCCc1nc(-c2ccc(Cl)cc2)no1.I. The van der Waals surface area contributed by atoms with Gasteiger partial charge in [0.25, 0.3) is 0 Å². The highest BCUT2D eigenvalue weighted by Gasteiger charge is 2.15. The second kappa shape index (κ2) is 13.8. The number of halogens is 2. The van der Waals surface area contributed by atoms with Crippen molar-refractivity contribution in [2.45, 2.75) is 32.3 Å². The number of nitrogens with one attached hydrogen (secondary N) is 2. The molecule has 1 aliphatic heterocycles. The fourth-order valence-electron chi connectivity index (χ4n) is 2.85. The number of ether oxygens (including phenoxy) is 2. The minimum atomic E-state index is 0. The van der Waals surface area contributed by atoms with Crippen molar-refractivity contribution in [1.29, 1.82) is 0 Å². The summed E-state index contributed by atoms with van der Waals surface area (Å²) >= 11 is 5.91. The van der Waals surface area contributed by atoms with Gasteiger partial charge in [0.2, 0.25) is 11.7 Å². The van der Waals surface area contributed by atoms with Gasteiger partial charge in [-0.2, -0.15) is 4.98 Å². The number of guanidine groups is 1. The molecule has 0 bridgehead atoms. The molecule has 166 valence electrons. The van der Waals surface area contributed by atoms with Crippen LogP contribution in [-0.2, 0) is 15.9 Å². The Morgan fingerprint density at radius 2 is 2.13 bits per heavy atom. The fraction of sp³-hybridized carbons (Fsp3) is 0.550. The predicted molar refractivity (Wildman–Crippen MR) is 128 cm³/mol. The van der Waals surface area contributed by atoms with Gasteiger partial charge in [0, 0.05) is 49.9 Å². The zero-order valence-corrected chi connectivity index (χ0v) is 20.2. The van der Waals surface area contributed by atoms with Gasteiger partial charge in [-0.1, -0.05) is 16.8 Å². The molecule has 1 aromatic heterocycles. The van der Waals surface area contributed by atoms with E-state index in [1.54, 1.807) is 12.1 Å². The number of hydrogen-bond acceptors (Lipinski definition) is 6. The number of aromatic nitrogens is 2. The molecule has 0 saturated carbocycles. The highest BCUT2D eigenvalue weighted by molar-refractivity contribution is 14.0. The summed E-state index contributed by atoms with van der Waals surface area (Å²) in [4.78, 5) is 9.00. The van der Waals surface area contributed by atoms with Crippen LogP contribution in [0.5, 0.6) is 0 Å². The van der Waals surface area contributed by atoms with E-state index in [4.69, 9.17) is 25.6 Å².